The monoisotopic (exact) mass is 387 g/mol. The second-order valence-electron chi connectivity index (χ2n) is 7.53. The van der Waals surface area contributed by atoms with Crippen LogP contribution < -0.4 is 4.72 Å². The summed E-state index contributed by atoms with van der Waals surface area (Å²) >= 11 is 0. The smallest absolute Gasteiger partial charge is 0.405 e. The second-order valence-corrected chi connectivity index (χ2v) is 9.53. The Morgan fingerprint density at radius 1 is 1.12 bits per heavy atom. The molecule has 150 valence electrons. The molecule has 5 atom stereocenters. The first kappa shape index (κ1) is 24.4. The number of halogens is 3. The van der Waals surface area contributed by atoms with E-state index in [1.54, 1.807) is 41.5 Å². The number of carbonyl (C=O) groups is 1. The van der Waals surface area contributed by atoms with Crippen molar-refractivity contribution in [2.45, 2.75) is 90.8 Å². The van der Waals surface area contributed by atoms with Crippen LogP contribution in [0.3, 0.4) is 0 Å². The highest BCUT2D eigenvalue weighted by Gasteiger charge is 2.50. The number of nitrogens with one attached hydrogen (secondary N) is 1. The highest BCUT2D eigenvalue weighted by atomic mass is 32.2. The maximum atomic E-state index is 13.6. The van der Waals surface area contributed by atoms with Gasteiger partial charge in [-0.15, -0.1) is 0 Å². The molecule has 0 spiro atoms. The number of carbonyl (C=O) groups excluding carboxylic acids is 1. The van der Waals surface area contributed by atoms with Crippen LogP contribution in [0.15, 0.2) is 0 Å². The Balaban J connectivity index is 5.66. The van der Waals surface area contributed by atoms with E-state index in [9.17, 15) is 22.2 Å². The van der Waals surface area contributed by atoms with Crippen molar-refractivity contribution in [3.63, 3.8) is 0 Å². The molecule has 0 radical (unpaired) electrons. The van der Waals surface area contributed by atoms with Gasteiger partial charge in [-0.2, -0.15) is 13.2 Å². The van der Waals surface area contributed by atoms with Gasteiger partial charge >= 0.3 is 12.1 Å². The van der Waals surface area contributed by atoms with Crippen molar-refractivity contribution in [1.82, 2.24) is 4.72 Å². The average Bonchev–Trinajstić information content (AvgIpc) is 2.47. The average molecular weight is 388 g/mol. The molecule has 0 bridgehead atoms. The number of alkyl halides is 3. The number of rotatable bonds is 9. The zero-order valence-electron chi connectivity index (χ0n) is 16.2. The van der Waals surface area contributed by atoms with E-state index in [0.29, 0.717) is 12.8 Å². The fraction of sp³-hybridized carbons (Fsp3) is 0.941. The molecule has 0 saturated carbocycles. The normalized spacial score (nSPS) is 19.0. The van der Waals surface area contributed by atoms with E-state index < -0.39 is 45.9 Å². The van der Waals surface area contributed by atoms with Crippen molar-refractivity contribution < 1.29 is 26.9 Å². The van der Waals surface area contributed by atoms with Gasteiger partial charge in [0.1, 0.15) is 6.04 Å². The number of hydrogen-bond acceptors (Lipinski definition) is 3. The summed E-state index contributed by atoms with van der Waals surface area (Å²) in [5.74, 6) is -2.42. The van der Waals surface area contributed by atoms with Crippen LogP contribution in [0.25, 0.3) is 0 Å². The van der Waals surface area contributed by atoms with Crippen LogP contribution in [0, 0.1) is 11.8 Å². The predicted molar refractivity (Wildman–Crippen MR) is 94.3 cm³/mol. The maximum Gasteiger partial charge on any atom is 0.405 e. The molecule has 8 heteroatoms. The largest absolute Gasteiger partial charge is 0.462 e. The number of esters is 1. The van der Waals surface area contributed by atoms with E-state index in [-0.39, 0.29) is 12.3 Å². The minimum absolute atomic E-state index is 0.0181. The van der Waals surface area contributed by atoms with Crippen LogP contribution in [0.2, 0.25) is 0 Å². The highest BCUT2D eigenvalue weighted by Crippen LogP contribution is 2.32. The quantitative estimate of drug-likeness (QED) is 0.598. The van der Waals surface area contributed by atoms with Gasteiger partial charge < -0.3 is 4.74 Å². The molecule has 0 aliphatic rings. The van der Waals surface area contributed by atoms with E-state index in [0.717, 1.165) is 0 Å². The van der Waals surface area contributed by atoms with Gasteiger partial charge in [-0.1, -0.05) is 27.2 Å². The molecule has 0 heterocycles. The molecule has 0 aliphatic heterocycles. The Labute approximate surface area is 151 Å². The third kappa shape index (κ3) is 8.53. The molecule has 25 heavy (non-hydrogen) atoms. The van der Waals surface area contributed by atoms with Gasteiger partial charge in [-0.3, -0.25) is 4.79 Å². The SMILES string of the molecule is CCC(C)C[C@@H](C(=O)OC(C)CC)[C@@H](N[S@](=O)C(C)(C)C)C(F)(F)F. The van der Waals surface area contributed by atoms with E-state index >= 15 is 0 Å². The molecule has 4 nitrogen and oxygen atoms in total. The van der Waals surface area contributed by atoms with E-state index in [1.165, 1.54) is 0 Å². The van der Waals surface area contributed by atoms with Crippen LogP contribution in [0.4, 0.5) is 13.2 Å². The van der Waals surface area contributed by atoms with Gasteiger partial charge in [-0.05, 0) is 46.5 Å². The van der Waals surface area contributed by atoms with E-state index in [2.05, 4.69) is 4.72 Å². The fourth-order valence-electron chi connectivity index (χ4n) is 2.01. The summed E-state index contributed by atoms with van der Waals surface area (Å²) in [6.45, 7) is 11.8. The van der Waals surface area contributed by atoms with Gasteiger partial charge in [0.2, 0.25) is 0 Å². The van der Waals surface area contributed by atoms with Crippen LogP contribution >= 0.6 is 0 Å². The molecule has 2 unspecified atom stereocenters. The van der Waals surface area contributed by atoms with Gasteiger partial charge in [0.15, 0.2) is 0 Å². The summed E-state index contributed by atoms with van der Waals surface area (Å²) in [4.78, 5) is 12.4. The Hall–Kier alpha value is -0.630. The first-order valence-corrected chi connectivity index (χ1v) is 9.84. The van der Waals surface area contributed by atoms with Gasteiger partial charge in [0, 0.05) is 0 Å². The molecule has 0 rings (SSSR count). The van der Waals surface area contributed by atoms with E-state index in [4.69, 9.17) is 4.74 Å². The van der Waals surface area contributed by atoms with Crippen LogP contribution in [-0.4, -0.2) is 33.2 Å². The standard InChI is InChI=1S/C17H32F3NO3S/c1-8-11(3)10-13(15(22)24-12(4)9-2)14(17(18,19)20)21-25(23)16(5,6)7/h11-14,21H,8-10H2,1-7H3/t11?,12?,13-,14-,25-/m1/s1. The van der Waals surface area contributed by atoms with Crippen molar-refractivity contribution in [3.05, 3.63) is 0 Å². The highest BCUT2D eigenvalue weighted by molar-refractivity contribution is 7.84. The number of ether oxygens (including phenoxy) is 1. The molecular formula is C17H32F3NO3S. The lowest BCUT2D eigenvalue weighted by Gasteiger charge is -2.32. The molecule has 0 fully saturated rings. The minimum Gasteiger partial charge on any atom is -0.462 e. The second kappa shape index (κ2) is 9.90. The lowest BCUT2D eigenvalue weighted by Crippen LogP contribution is -2.54. The Kier molecular flexibility index (Phi) is 9.65. The zero-order chi connectivity index (χ0) is 20.0. The summed E-state index contributed by atoms with van der Waals surface area (Å²) in [6.07, 6.45) is -4.01. The van der Waals surface area contributed by atoms with Gasteiger partial charge in [0.05, 0.1) is 27.8 Å². The summed E-state index contributed by atoms with van der Waals surface area (Å²) in [7, 11) is -1.96. The number of hydrogen-bond donors (Lipinski definition) is 1. The first-order chi connectivity index (χ1) is 11.2. The van der Waals surface area contributed by atoms with Crippen LogP contribution in [0.5, 0.6) is 0 Å². The molecule has 0 aromatic rings. The topological polar surface area (TPSA) is 55.4 Å². The molecule has 0 aromatic heterocycles. The lowest BCUT2D eigenvalue weighted by molar-refractivity contribution is -0.182. The van der Waals surface area contributed by atoms with Crippen LogP contribution in [0.1, 0.15) is 67.7 Å². The van der Waals surface area contributed by atoms with Gasteiger partial charge in [0.25, 0.3) is 0 Å². The van der Waals surface area contributed by atoms with Crippen molar-refractivity contribution in [2.75, 3.05) is 0 Å². The molecule has 0 amide bonds. The molecule has 1 N–H and O–H groups in total. The third-order valence-corrected chi connectivity index (χ3v) is 5.67. The van der Waals surface area contributed by atoms with Gasteiger partial charge in [-0.25, -0.2) is 8.93 Å². The minimum atomic E-state index is -4.71. The van der Waals surface area contributed by atoms with E-state index in [1.807, 2.05) is 6.92 Å². The summed E-state index contributed by atoms with van der Waals surface area (Å²) in [5.41, 5.74) is 0. The van der Waals surface area contributed by atoms with Crippen molar-refractivity contribution in [2.24, 2.45) is 11.8 Å². The lowest BCUT2D eigenvalue weighted by atomic mass is 9.88. The predicted octanol–water partition coefficient (Wildman–Crippen LogP) is 4.36. The molecule has 0 aromatic carbocycles. The third-order valence-electron chi connectivity index (χ3n) is 4.09. The fourth-order valence-corrected chi connectivity index (χ4v) is 2.89. The Bertz CT molecular complexity index is 449. The van der Waals surface area contributed by atoms with Crippen molar-refractivity contribution >= 4 is 17.0 Å². The summed E-state index contributed by atoms with van der Waals surface area (Å²) in [5, 5.41) is 0. The van der Waals surface area contributed by atoms with Crippen LogP contribution in [-0.2, 0) is 20.5 Å². The maximum absolute atomic E-state index is 13.6. The Morgan fingerprint density at radius 2 is 1.64 bits per heavy atom. The summed E-state index contributed by atoms with van der Waals surface area (Å²) < 4.78 is 59.6. The summed E-state index contributed by atoms with van der Waals surface area (Å²) in [6, 6.07) is -2.21. The van der Waals surface area contributed by atoms with Crippen molar-refractivity contribution in [1.29, 1.82) is 0 Å². The molecule has 0 aliphatic carbocycles. The first-order valence-electron chi connectivity index (χ1n) is 8.69. The van der Waals surface area contributed by atoms with Crippen molar-refractivity contribution in [3.8, 4) is 0 Å². The molecular weight excluding hydrogens is 355 g/mol. The Morgan fingerprint density at radius 3 is 2.00 bits per heavy atom. The zero-order valence-corrected chi connectivity index (χ0v) is 17.0. The molecule has 0 saturated heterocycles.